The summed E-state index contributed by atoms with van der Waals surface area (Å²) in [7, 11) is 0. The van der Waals surface area contributed by atoms with Crippen LogP contribution in [0.5, 0.6) is 11.5 Å². The highest BCUT2D eigenvalue weighted by molar-refractivity contribution is 6.09. The third-order valence-electron chi connectivity index (χ3n) is 3.53. The van der Waals surface area contributed by atoms with Crippen molar-refractivity contribution < 1.29 is 23.0 Å². The van der Waals surface area contributed by atoms with E-state index in [1.165, 1.54) is 0 Å². The molecule has 0 fully saturated rings. The Balaban J connectivity index is 2.30. The van der Waals surface area contributed by atoms with Crippen LogP contribution >= 0.6 is 0 Å². The van der Waals surface area contributed by atoms with Crippen molar-refractivity contribution in [3.05, 3.63) is 35.4 Å². The van der Waals surface area contributed by atoms with E-state index in [9.17, 15) is 13.6 Å². The van der Waals surface area contributed by atoms with Gasteiger partial charge in [0, 0.05) is 22.9 Å². The number of alkyl halides is 2. The van der Waals surface area contributed by atoms with Crippen molar-refractivity contribution in [3.63, 3.8) is 0 Å². The fourth-order valence-electron chi connectivity index (χ4n) is 2.67. The minimum atomic E-state index is -2.95. The van der Waals surface area contributed by atoms with Crippen molar-refractivity contribution in [2.45, 2.75) is 26.5 Å². The van der Waals surface area contributed by atoms with Crippen LogP contribution in [0.15, 0.2) is 24.3 Å². The first-order chi connectivity index (χ1) is 10.6. The van der Waals surface area contributed by atoms with Crippen LogP contribution in [0.4, 0.5) is 8.78 Å². The Labute approximate surface area is 126 Å². The summed E-state index contributed by atoms with van der Waals surface area (Å²) in [6, 6.07) is 6.94. The molecule has 0 radical (unpaired) electrons. The van der Waals surface area contributed by atoms with Crippen LogP contribution in [0.1, 0.15) is 29.3 Å². The zero-order chi connectivity index (χ0) is 15.7. The second-order valence-electron chi connectivity index (χ2n) is 4.97. The van der Waals surface area contributed by atoms with Crippen molar-refractivity contribution in [1.29, 1.82) is 0 Å². The maximum Gasteiger partial charge on any atom is 0.387 e. The Morgan fingerprint density at radius 1 is 1.23 bits per heavy atom. The number of hydrogen-bond acceptors (Lipinski definition) is 3. The quantitative estimate of drug-likeness (QED) is 0.920. The number of ether oxygens (including phenoxy) is 2. The second kappa shape index (κ2) is 5.79. The topological polar surface area (TPSA) is 47.6 Å². The normalized spacial score (nSPS) is 13.4. The first-order valence-electron chi connectivity index (χ1n) is 7.06. The lowest BCUT2D eigenvalue weighted by molar-refractivity contribution is -0.0493. The number of halogens is 2. The summed E-state index contributed by atoms with van der Waals surface area (Å²) in [5.41, 5.74) is 0.720. The summed E-state index contributed by atoms with van der Waals surface area (Å²) in [5, 5.41) is 3.76. The molecule has 1 heterocycles. The third kappa shape index (κ3) is 2.34. The molecule has 1 aliphatic heterocycles. The molecule has 0 spiro atoms. The number of hydrogen-bond donors (Lipinski definition) is 1. The standard InChI is InChI=1S/C16H15F2NO3/c1-2-7-21-14-10-6-4-3-5-9(10)13(22-16(17)18)11-8-19-15(20)12(11)14/h3-6,16H,2,7-8H2,1H3,(H,19,20). The summed E-state index contributed by atoms with van der Waals surface area (Å²) < 4.78 is 36.0. The summed E-state index contributed by atoms with van der Waals surface area (Å²) in [5.74, 6) is 0.151. The van der Waals surface area contributed by atoms with Gasteiger partial charge in [-0.1, -0.05) is 31.2 Å². The first-order valence-corrected chi connectivity index (χ1v) is 7.06. The molecule has 22 heavy (non-hydrogen) atoms. The van der Waals surface area contributed by atoms with Crippen LogP contribution in [0, 0.1) is 0 Å². The van der Waals surface area contributed by atoms with Gasteiger partial charge in [0.25, 0.3) is 5.91 Å². The maximum atomic E-state index is 12.8. The number of fused-ring (bicyclic) bond motifs is 2. The summed E-state index contributed by atoms with van der Waals surface area (Å²) in [6.07, 6.45) is 0.778. The molecule has 0 aromatic heterocycles. The van der Waals surface area contributed by atoms with Gasteiger partial charge in [0.15, 0.2) is 0 Å². The third-order valence-corrected chi connectivity index (χ3v) is 3.53. The van der Waals surface area contributed by atoms with Gasteiger partial charge >= 0.3 is 6.61 Å². The number of rotatable bonds is 5. The number of carbonyl (C=O) groups excluding carboxylic acids is 1. The smallest absolute Gasteiger partial charge is 0.387 e. The van der Waals surface area contributed by atoms with Crippen LogP contribution in [0.25, 0.3) is 10.8 Å². The van der Waals surface area contributed by atoms with Gasteiger partial charge in [-0.15, -0.1) is 0 Å². The van der Waals surface area contributed by atoms with Crippen LogP contribution in [-0.2, 0) is 6.54 Å². The van der Waals surface area contributed by atoms with Crippen molar-refractivity contribution in [2.24, 2.45) is 0 Å². The average molecular weight is 307 g/mol. The fraction of sp³-hybridized carbons (Fsp3) is 0.312. The van der Waals surface area contributed by atoms with E-state index < -0.39 is 6.61 Å². The molecule has 0 unspecified atom stereocenters. The SMILES string of the molecule is CCCOc1c2c(c(OC(F)F)c3ccccc13)CNC2=O. The first kappa shape index (κ1) is 14.6. The van der Waals surface area contributed by atoms with Crippen LogP contribution in [0.2, 0.25) is 0 Å². The van der Waals surface area contributed by atoms with Gasteiger partial charge < -0.3 is 14.8 Å². The van der Waals surface area contributed by atoms with Gasteiger partial charge in [-0.25, -0.2) is 0 Å². The largest absolute Gasteiger partial charge is 0.492 e. The molecular weight excluding hydrogens is 292 g/mol. The Bertz CT molecular complexity index is 731. The minimum absolute atomic E-state index is 0.0443. The molecule has 0 saturated heterocycles. The molecule has 0 bridgehead atoms. The second-order valence-corrected chi connectivity index (χ2v) is 4.97. The van der Waals surface area contributed by atoms with Crippen molar-refractivity contribution in [3.8, 4) is 11.5 Å². The van der Waals surface area contributed by atoms with Gasteiger partial charge in [0.05, 0.1) is 12.2 Å². The molecule has 1 aliphatic rings. The highest BCUT2D eigenvalue weighted by Gasteiger charge is 2.31. The maximum absolute atomic E-state index is 12.8. The fourth-order valence-corrected chi connectivity index (χ4v) is 2.67. The Morgan fingerprint density at radius 2 is 1.91 bits per heavy atom. The molecule has 1 N–H and O–H groups in total. The molecule has 4 nitrogen and oxygen atoms in total. The van der Waals surface area contributed by atoms with Gasteiger partial charge in [0.1, 0.15) is 11.5 Å². The molecule has 6 heteroatoms. The lowest BCUT2D eigenvalue weighted by atomic mass is 9.99. The lowest BCUT2D eigenvalue weighted by Gasteiger charge is -2.17. The van der Waals surface area contributed by atoms with E-state index >= 15 is 0 Å². The van der Waals surface area contributed by atoms with Gasteiger partial charge in [-0.3, -0.25) is 4.79 Å². The minimum Gasteiger partial charge on any atom is -0.492 e. The van der Waals surface area contributed by atoms with Crippen molar-refractivity contribution in [1.82, 2.24) is 5.32 Å². The molecule has 2 aromatic rings. The van der Waals surface area contributed by atoms with E-state index in [1.807, 2.05) is 6.92 Å². The van der Waals surface area contributed by atoms with Crippen LogP contribution < -0.4 is 14.8 Å². The van der Waals surface area contributed by atoms with Crippen molar-refractivity contribution >= 4 is 16.7 Å². The van der Waals surface area contributed by atoms with Gasteiger partial charge in [0.2, 0.25) is 0 Å². The molecular formula is C16H15F2NO3. The van der Waals surface area contributed by atoms with E-state index in [4.69, 9.17) is 9.47 Å². The summed E-state index contributed by atoms with van der Waals surface area (Å²) in [6.45, 7) is -0.398. The highest BCUT2D eigenvalue weighted by Crippen LogP contribution is 2.43. The van der Waals surface area contributed by atoms with Crippen LogP contribution in [-0.4, -0.2) is 19.1 Å². The highest BCUT2D eigenvalue weighted by atomic mass is 19.3. The van der Waals surface area contributed by atoms with E-state index in [0.717, 1.165) is 6.42 Å². The number of carbonyl (C=O) groups is 1. The van der Waals surface area contributed by atoms with Gasteiger partial charge in [-0.05, 0) is 6.42 Å². The van der Waals surface area contributed by atoms with E-state index in [2.05, 4.69) is 5.32 Å². The van der Waals surface area contributed by atoms with E-state index in [-0.39, 0.29) is 18.2 Å². The van der Waals surface area contributed by atoms with E-state index in [1.54, 1.807) is 24.3 Å². The molecule has 2 aromatic carbocycles. The van der Waals surface area contributed by atoms with E-state index in [0.29, 0.717) is 34.3 Å². The summed E-state index contributed by atoms with van der Waals surface area (Å²) in [4.78, 5) is 12.1. The average Bonchev–Trinajstić information content (AvgIpc) is 2.88. The number of amides is 1. The number of nitrogens with one attached hydrogen (secondary N) is 1. The predicted molar refractivity (Wildman–Crippen MR) is 77.5 cm³/mol. The Hall–Kier alpha value is -2.37. The lowest BCUT2D eigenvalue weighted by Crippen LogP contribution is -2.13. The molecule has 1 amide bonds. The predicted octanol–water partition coefficient (Wildman–Crippen LogP) is 3.47. The molecule has 0 saturated carbocycles. The Kier molecular flexibility index (Phi) is 3.83. The van der Waals surface area contributed by atoms with Crippen molar-refractivity contribution in [2.75, 3.05) is 6.61 Å². The van der Waals surface area contributed by atoms with Gasteiger partial charge in [-0.2, -0.15) is 8.78 Å². The molecule has 3 rings (SSSR count). The number of benzene rings is 2. The molecule has 0 aliphatic carbocycles. The molecule has 116 valence electrons. The monoisotopic (exact) mass is 307 g/mol. The summed E-state index contributed by atoms with van der Waals surface area (Å²) >= 11 is 0. The zero-order valence-electron chi connectivity index (χ0n) is 12.0. The molecule has 0 atom stereocenters. The zero-order valence-corrected chi connectivity index (χ0v) is 12.0. The Morgan fingerprint density at radius 3 is 2.55 bits per heavy atom. The van der Waals surface area contributed by atoms with Crippen LogP contribution in [0.3, 0.4) is 0 Å².